The van der Waals surface area contributed by atoms with Gasteiger partial charge in [-0.05, 0) is 38.7 Å². The highest BCUT2D eigenvalue weighted by molar-refractivity contribution is 6.05. The highest BCUT2D eigenvalue weighted by Crippen LogP contribution is 2.22. The smallest absolute Gasteiger partial charge is 0.252 e. The van der Waals surface area contributed by atoms with E-state index in [4.69, 9.17) is 0 Å². The summed E-state index contributed by atoms with van der Waals surface area (Å²) in [6, 6.07) is 2.02. The second-order valence-electron chi connectivity index (χ2n) is 6.75. The van der Waals surface area contributed by atoms with Gasteiger partial charge in [0.2, 0.25) is 0 Å². The summed E-state index contributed by atoms with van der Waals surface area (Å²) in [7, 11) is 0. The molecule has 0 radical (unpaired) electrons. The number of fused-ring (bicyclic) bond motifs is 1. The van der Waals surface area contributed by atoms with E-state index >= 15 is 0 Å². The third kappa shape index (κ3) is 3.93. The standard InChI is InChI=1S/C18H28N4O2/c1-6-13(5)22-17-15(10-20-22)14(9-12(4)21-17)18(24)19-8-7-16(23)11(2)3/h9-11,13,16,23H,6-8H2,1-5H3,(H,19,24). The molecule has 2 aromatic heterocycles. The maximum Gasteiger partial charge on any atom is 0.252 e. The quantitative estimate of drug-likeness (QED) is 0.817. The molecule has 0 fully saturated rings. The second-order valence-corrected chi connectivity index (χ2v) is 6.75. The number of nitrogens with one attached hydrogen (secondary N) is 1. The first-order chi connectivity index (χ1) is 11.3. The van der Waals surface area contributed by atoms with Crippen molar-refractivity contribution in [1.82, 2.24) is 20.1 Å². The van der Waals surface area contributed by atoms with Crippen LogP contribution in [0.25, 0.3) is 11.0 Å². The highest BCUT2D eigenvalue weighted by Gasteiger charge is 2.18. The zero-order valence-electron chi connectivity index (χ0n) is 15.2. The van der Waals surface area contributed by atoms with Crippen molar-refractivity contribution in [2.75, 3.05) is 6.54 Å². The van der Waals surface area contributed by atoms with Gasteiger partial charge < -0.3 is 10.4 Å². The molecule has 2 unspecified atom stereocenters. The van der Waals surface area contributed by atoms with Crippen LogP contribution in [0.4, 0.5) is 0 Å². The lowest BCUT2D eigenvalue weighted by atomic mass is 10.0. The van der Waals surface area contributed by atoms with Crippen molar-refractivity contribution in [2.24, 2.45) is 5.92 Å². The number of aliphatic hydroxyl groups excluding tert-OH is 1. The first kappa shape index (κ1) is 18.4. The number of hydrogen-bond donors (Lipinski definition) is 2. The molecular weight excluding hydrogens is 304 g/mol. The van der Waals surface area contributed by atoms with Gasteiger partial charge >= 0.3 is 0 Å². The van der Waals surface area contributed by atoms with E-state index in [9.17, 15) is 9.90 Å². The molecule has 1 amide bonds. The number of hydrogen-bond acceptors (Lipinski definition) is 4. The Labute approximate surface area is 143 Å². The molecule has 2 rings (SSSR count). The normalized spacial score (nSPS) is 14.1. The molecule has 0 spiro atoms. The Balaban J connectivity index is 2.22. The van der Waals surface area contributed by atoms with E-state index in [-0.39, 0.29) is 17.9 Å². The Morgan fingerprint density at radius 2 is 2.08 bits per heavy atom. The number of pyridine rings is 1. The van der Waals surface area contributed by atoms with Crippen LogP contribution in [0.2, 0.25) is 0 Å². The molecule has 2 atom stereocenters. The van der Waals surface area contributed by atoms with Crippen molar-refractivity contribution in [1.29, 1.82) is 0 Å². The minimum Gasteiger partial charge on any atom is -0.393 e. The Morgan fingerprint density at radius 3 is 2.71 bits per heavy atom. The third-order valence-corrected chi connectivity index (χ3v) is 4.44. The van der Waals surface area contributed by atoms with Gasteiger partial charge in [-0.15, -0.1) is 0 Å². The number of aromatic nitrogens is 3. The molecule has 2 N–H and O–H groups in total. The molecule has 6 nitrogen and oxygen atoms in total. The number of aryl methyl sites for hydroxylation is 1. The first-order valence-corrected chi connectivity index (χ1v) is 8.66. The van der Waals surface area contributed by atoms with Gasteiger partial charge in [-0.2, -0.15) is 5.10 Å². The van der Waals surface area contributed by atoms with Gasteiger partial charge in [0, 0.05) is 12.2 Å². The fourth-order valence-corrected chi connectivity index (χ4v) is 2.59. The number of carbonyl (C=O) groups is 1. The van der Waals surface area contributed by atoms with Crippen molar-refractivity contribution >= 4 is 16.9 Å². The predicted octanol–water partition coefficient (Wildman–Crippen LogP) is 2.85. The zero-order valence-corrected chi connectivity index (χ0v) is 15.2. The maximum absolute atomic E-state index is 12.6. The molecule has 132 valence electrons. The van der Waals surface area contributed by atoms with Crippen LogP contribution >= 0.6 is 0 Å². The topological polar surface area (TPSA) is 80.0 Å². The van der Waals surface area contributed by atoms with Crippen molar-refractivity contribution in [3.63, 3.8) is 0 Å². The number of carbonyl (C=O) groups excluding carboxylic acids is 1. The molecule has 0 aliphatic carbocycles. The number of aliphatic hydroxyl groups is 1. The fraction of sp³-hybridized carbons (Fsp3) is 0.611. The van der Waals surface area contributed by atoms with Crippen molar-refractivity contribution in [2.45, 2.75) is 59.6 Å². The van der Waals surface area contributed by atoms with Gasteiger partial charge in [0.15, 0.2) is 5.65 Å². The Morgan fingerprint density at radius 1 is 1.38 bits per heavy atom. The fourth-order valence-electron chi connectivity index (χ4n) is 2.59. The summed E-state index contributed by atoms with van der Waals surface area (Å²) in [5.74, 6) is 0.0377. The lowest BCUT2D eigenvalue weighted by molar-refractivity contribution is 0.0921. The van der Waals surface area contributed by atoms with E-state index in [0.717, 1.165) is 23.1 Å². The number of amides is 1. The van der Waals surface area contributed by atoms with Gasteiger partial charge in [-0.3, -0.25) is 4.79 Å². The van der Waals surface area contributed by atoms with E-state index in [0.29, 0.717) is 18.5 Å². The molecule has 24 heavy (non-hydrogen) atoms. The molecule has 0 bridgehead atoms. The molecule has 0 aromatic carbocycles. The summed E-state index contributed by atoms with van der Waals surface area (Å²) in [5.41, 5.74) is 2.13. The Kier molecular flexibility index (Phi) is 5.94. The van der Waals surface area contributed by atoms with Crippen LogP contribution in [-0.4, -0.2) is 38.4 Å². The Hall–Kier alpha value is -1.95. The maximum atomic E-state index is 12.6. The minimum absolute atomic E-state index is 0.148. The van der Waals surface area contributed by atoms with Gasteiger partial charge in [0.25, 0.3) is 5.91 Å². The monoisotopic (exact) mass is 332 g/mol. The van der Waals surface area contributed by atoms with Crippen LogP contribution in [0.15, 0.2) is 12.3 Å². The number of nitrogens with zero attached hydrogens (tertiary/aromatic N) is 3. The van der Waals surface area contributed by atoms with E-state index in [1.54, 1.807) is 12.3 Å². The van der Waals surface area contributed by atoms with Gasteiger partial charge in [0.1, 0.15) is 0 Å². The molecule has 0 saturated heterocycles. The van der Waals surface area contributed by atoms with Crippen LogP contribution < -0.4 is 5.32 Å². The number of rotatable bonds is 7. The second kappa shape index (κ2) is 7.75. The SMILES string of the molecule is CCC(C)n1ncc2c(C(=O)NCCC(O)C(C)C)cc(C)nc21. The van der Waals surface area contributed by atoms with Crippen LogP contribution in [0, 0.1) is 12.8 Å². The lowest BCUT2D eigenvalue weighted by Crippen LogP contribution is -2.29. The van der Waals surface area contributed by atoms with Crippen LogP contribution in [0.3, 0.4) is 0 Å². The van der Waals surface area contributed by atoms with Crippen molar-refractivity contribution in [3.8, 4) is 0 Å². The highest BCUT2D eigenvalue weighted by atomic mass is 16.3. The summed E-state index contributed by atoms with van der Waals surface area (Å²) in [4.78, 5) is 17.1. The lowest BCUT2D eigenvalue weighted by Gasteiger charge is -2.15. The van der Waals surface area contributed by atoms with E-state index in [2.05, 4.69) is 29.2 Å². The van der Waals surface area contributed by atoms with Crippen molar-refractivity contribution < 1.29 is 9.90 Å². The zero-order chi connectivity index (χ0) is 17.9. The van der Waals surface area contributed by atoms with Gasteiger partial charge in [-0.1, -0.05) is 20.8 Å². The molecule has 0 aliphatic heterocycles. The summed E-state index contributed by atoms with van der Waals surface area (Å²) < 4.78 is 1.88. The average molecular weight is 332 g/mol. The minimum atomic E-state index is -0.405. The average Bonchev–Trinajstić information content (AvgIpc) is 2.96. The summed E-state index contributed by atoms with van der Waals surface area (Å²) in [5, 5.41) is 17.9. The first-order valence-electron chi connectivity index (χ1n) is 8.66. The van der Waals surface area contributed by atoms with Crippen LogP contribution in [0.5, 0.6) is 0 Å². The molecule has 6 heteroatoms. The van der Waals surface area contributed by atoms with E-state index < -0.39 is 6.10 Å². The Bertz CT molecular complexity index is 708. The molecule has 0 aliphatic rings. The van der Waals surface area contributed by atoms with Crippen LogP contribution in [-0.2, 0) is 0 Å². The summed E-state index contributed by atoms with van der Waals surface area (Å²) in [6.07, 6.45) is 2.80. The summed E-state index contributed by atoms with van der Waals surface area (Å²) >= 11 is 0. The van der Waals surface area contributed by atoms with Gasteiger partial charge in [0.05, 0.1) is 29.3 Å². The van der Waals surface area contributed by atoms with Gasteiger partial charge in [-0.25, -0.2) is 9.67 Å². The molecule has 2 aromatic rings. The molecular formula is C18H28N4O2. The third-order valence-electron chi connectivity index (χ3n) is 4.44. The molecule has 2 heterocycles. The predicted molar refractivity (Wildman–Crippen MR) is 95.1 cm³/mol. The molecule has 0 saturated carbocycles. The largest absolute Gasteiger partial charge is 0.393 e. The van der Waals surface area contributed by atoms with Crippen molar-refractivity contribution in [3.05, 3.63) is 23.5 Å². The van der Waals surface area contributed by atoms with E-state index in [1.807, 2.05) is 25.5 Å². The van der Waals surface area contributed by atoms with E-state index in [1.165, 1.54) is 0 Å². The van der Waals surface area contributed by atoms with Crippen LogP contribution in [0.1, 0.15) is 62.6 Å². The summed E-state index contributed by atoms with van der Waals surface area (Å²) in [6.45, 7) is 10.4.